The molecule has 1 N–H and O–H groups in total. The number of hydrogen-bond acceptors (Lipinski definition) is 2. The third-order valence-electron chi connectivity index (χ3n) is 4.06. The summed E-state index contributed by atoms with van der Waals surface area (Å²) in [5.74, 6) is 0.717. The summed E-state index contributed by atoms with van der Waals surface area (Å²) in [4.78, 5) is 2.25. The number of nitrogens with one attached hydrogen (secondary N) is 1. The lowest BCUT2D eigenvalue weighted by Crippen LogP contribution is -2.45. The van der Waals surface area contributed by atoms with Gasteiger partial charge in [0, 0.05) is 23.7 Å². The minimum atomic E-state index is 0.597. The van der Waals surface area contributed by atoms with Crippen molar-refractivity contribution >= 4 is 11.6 Å². The molecule has 100 valence electrons. The van der Waals surface area contributed by atoms with E-state index in [-0.39, 0.29) is 0 Å². The van der Waals surface area contributed by atoms with E-state index in [1.54, 1.807) is 0 Å². The number of nitrogens with zero attached hydrogens (tertiary/aromatic N) is 1. The van der Waals surface area contributed by atoms with E-state index in [1.807, 2.05) is 12.1 Å². The fraction of sp³-hybridized carbons (Fsp3) is 0.600. The van der Waals surface area contributed by atoms with Crippen LogP contribution in [0.15, 0.2) is 24.3 Å². The van der Waals surface area contributed by atoms with Crippen LogP contribution < -0.4 is 5.32 Å². The number of rotatable bonds is 5. The van der Waals surface area contributed by atoms with Gasteiger partial charge in [-0.05, 0) is 57.5 Å². The molecule has 2 rings (SSSR count). The molecular weight excluding hydrogens is 244 g/mol. The summed E-state index contributed by atoms with van der Waals surface area (Å²) in [6.07, 6.45) is 2.50. The molecule has 1 saturated carbocycles. The molecule has 0 heterocycles. The molecule has 0 bridgehead atoms. The molecule has 2 nitrogen and oxygen atoms in total. The van der Waals surface area contributed by atoms with Crippen LogP contribution in [0.2, 0.25) is 5.02 Å². The van der Waals surface area contributed by atoms with Gasteiger partial charge >= 0.3 is 0 Å². The van der Waals surface area contributed by atoms with E-state index < -0.39 is 0 Å². The zero-order valence-corrected chi connectivity index (χ0v) is 12.2. The minimum Gasteiger partial charge on any atom is -0.312 e. The maximum absolute atomic E-state index is 5.90. The average Bonchev–Trinajstić information content (AvgIpc) is 2.28. The first-order valence-corrected chi connectivity index (χ1v) is 7.09. The maximum Gasteiger partial charge on any atom is 0.0406 e. The summed E-state index contributed by atoms with van der Waals surface area (Å²) in [5, 5.41) is 4.47. The third-order valence-corrected chi connectivity index (χ3v) is 4.31. The topological polar surface area (TPSA) is 15.3 Å². The molecule has 1 atom stereocenters. The SMILES string of the molecule is CC(CNC1CC(c2ccc(Cl)cc2)C1)N(C)C. The lowest BCUT2D eigenvalue weighted by molar-refractivity contribution is 0.245. The summed E-state index contributed by atoms with van der Waals surface area (Å²) < 4.78 is 0. The Kier molecular flexibility index (Phi) is 4.66. The lowest BCUT2D eigenvalue weighted by atomic mass is 9.76. The van der Waals surface area contributed by atoms with Gasteiger partial charge in [-0.3, -0.25) is 0 Å². The highest BCUT2D eigenvalue weighted by Gasteiger charge is 2.29. The molecule has 3 heteroatoms. The molecule has 0 aromatic heterocycles. The van der Waals surface area contributed by atoms with E-state index in [2.05, 4.69) is 43.4 Å². The maximum atomic E-state index is 5.90. The molecule has 18 heavy (non-hydrogen) atoms. The van der Waals surface area contributed by atoms with Crippen LogP contribution in [0.3, 0.4) is 0 Å². The highest BCUT2D eigenvalue weighted by atomic mass is 35.5. The van der Waals surface area contributed by atoms with Crippen molar-refractivity contribution in [3.8, 4) is 0 Å². The van der Waals surface area contributed by atoms with E-state index >= 15 is 0 Å². The van der Waals surface area contributed by atoms with Crippen LogP contribution in [-0.4, -0.2) is 37.6 Å². The Bertz CT molecular complexity index is 369. The highest BCUT2D eigenvalue weighted by molar-refractivity contribution is 6.30. The quantitative estimate of drug-likeness (QED) is 0.881. The Labute approximate surface area is 115 Å². The van der Waals surface area contributed by atoms with Gasteiger partial charge in [-0.15, -0.1) is 0 Å². The number of halogens is 1. The van der Waals surface area contributed by atoms with Crippen LogP contribution in [0.4, 0.5) is 0 Å². The molecule has 0 aliphatic heterocycles. The van der Waals surface area contributed by atoms with E-state index in [0.29, 0.717) is 12.1 Å². The van der Waals surface area contributed by atoms with Crippen LogP contribution in [0.1, 0.15) is 31.2 Å². The fourth-order valence-corrected chi connectivity index (χ4v) is 2.44. The van der Waals surface area contributed by atoms with Gasteiger partial charge < -0.3 is 10.2 Å². The van der Waals surface area contributed by atoms with Crippen LogP contribution in [0, 0.1) is 0 Å². The van der Waals surface area contributed by atoms with Gasteiger partial charge in [0.15, 0.2) is 0 Å². The van der Waals surface area contributed by atoms with Crippen molar-refractivity contribution in [1.82, 2.24) is 10.2 Å². The minimum absolute atomic E-state index is 0.597. The van der Waals surface area contributed by atoms with Gasteiger partial charge in [0.1, 0.15) is 0 Å². The number of benzene rings is 1. The van der Waals surface area contributed by atoms with Crippen molar-refractivity contribution in [3.63, 3.8) is 0 Å². The second-order valence-electron chi connectivity index (χ2n) is 5.64. The molecule has 1 aromatic carbocycles. The Hall–Kier alpha value is -0.570. The second kappa shape index (κ2) is 6.05. The number of likely N-dealkylation sites (N-methyl/N-ethyl adjacent to an activating group) is 1. The largest absolute Gasteiger partial charge is 0.312 e. The first kappa shape index (κ1) is 13.9. The first-order chi connectivity index (χ1) is 8.56. The summed E-state index contributed by atoms with van der Waals surface area (Å²) >= 11 is 5.90. The molecule has 0 spiro atoms. The van der Waals surface area contributed by atoms with Gasteiger partial charge in [-0.25, -0.2) is 0 Å². The molecule has 0 radical (unpaired) electrons. The van der Waals surface area contributed by atoms with Crippen molar-refractivity contribution in [2.45, 2.75) is 37.8 Å². The van der Waals surface area contributed by atoms with Crippen molar-refractivity contribution in [2.75, 3.05) is 20.6 Å². The van der Waals surface area contributed by atoms with Crippen molar-refractivity contribution in [1.29, 1.82) is 0 Å². The van der Waals surface area contributed by atoms with Gasteiger partial charge in [-0.2, -0.15) is 0 Å². The highest BCUT2D eigenvalue weighted by Crippen LogP contribution is 2.37. The van der Waals surface area contributed by atoms with E-state index in [0.717, 1.165) is 17.5 Å². The Balaban J connectivity index is 1.72. The van der Waals surface area contributed by atoms with Gasteiger partial charge in [-0.1, -0.05) is 23.7 Å². The van der Waals surface area contributed by atoms with Crippen LogP contribution in [0.5, 0.6) is 0 Å². The monoisotopic (exact) mass is 266 g/mol. The normalized spacial score (nSPS) is 24.9. The summed E-state index contributed by atoms with van der Waals surface area (Å²) in [5.41, 5.74) is 1.43. The molecular formula is C15H23ClN2. The van der Waals surface area contributed by atoms with Crippen LogP contribution >= 0.6 is 11.6 Å². The zero-order chi connectivity index (χ0) is 13.1. The molecule has 0 amide bonds. The average molecular weight is 267 g/mol. The fourth-order valence-electron chi connectivity index (χ4n) is 2.31. The van der Waals surface area contributed by atoms with E-state index in [1.165, 1.54) is 18.4 Å². The molecule has 1 fully saturated rings. The Morgan fingerprint density at radius 2 is 1.89 bits per heavy atom. The predicted octanol–water partition coefficient (Wildman–Crippen LogP) is 3.13. The van der Waals surface area contributed by atoms with Gasteiger partial charge in [0.05, 0.1) is 0 Å². The zero-order valence-electron chi connectivity index (χ0n) is 11.5. The van der Waals surface area contributed by atoms with Crippen molar-refractivity contribution < 1.29 is 0 Å². The van der Waals surface area contributed by atoms with Crippen molar-refractivity contribution in [3.05, 3.63) is 34.9 Å². The Morgan fingerprint density at radius 3 is 2.44 bits per heavy atom. The second-order valence-corrected chi connectivity index (χ2v) is 6.07. The lowest BCUT2D eigenvalue weighted by Gasteiger charge is -2.37. The van der Waals surface area contributed by atoms with Gasteiger partial charge in [0.2, 0.25) is 0 Å². The first-order valence-electron chi connectivity index (χ1n) is 6.71. The smallest absolute Gasteiger partial charge is 0.0406 e. The third kappa shape index (κ3) is 3.47. The summed E-state index contributed by atoms with van der Waals surface area (Å²) in [6.45, 7) is 3.33. The van der Waals surface area contributed by atoms with Crippen LogP contribution in [-0.2, 0) is 0 Å². The molecule has 1 aliphatic rings. The molecule has 1 unspecified atom stereocenters. The number of hydrogen-bond donors (Lipinski definition) is 1. The standard InChI is InChI=1S/C15H23ClN2/c1-11(18(2)3)10-17-15-8-13(9-15)12-4-6-14(16)7-5-12/h4-7,11,13,15,17H,8-10H2,1-3H3. The van der Waals surface area contributed by atoms with E-state index in [9.17, 15) is 0 Å². The van der Waals surface area contributed by atoms with E-state index in [4.69, 9.17) is 11.6 Å². The van der Waals surface area contributed by atoms with Crippen molar-refractivity contribution in [2.24, 2.45) is 0 Å². The predicted molar refractivity (Wildman–Crippen MR) is 78.4 cm³/mol. The summed E-state index contributed by atoms with van der Waals surface area (Å²) in [6, 6.07) is 9.59. The van der Waals surface area contributed by atoms with Crippen LogP contribution in [0.25, 0.3) is 0 Å². The molecule has 1 aromatic rings. The Morgan fingerprint density at radius 1 is 1.28 bits per heavy atom. The van der Waals surface area contributed by atoms with Gasteiger partial charge in [0.25, 0.3) is 0 Å². The molecule has 1 aliphatic carbocycles. The molecule has 0 saturated heterocycles. The summed E-state index contributed by atoms with van der Waals surface area (Å²) in [7, 11) is 4.26.